The fourth-order valence-electron chi connectivity index (χ4n) is 5.64. The first-order valence-electron chi connectivity index (χ1n) is 13.4. The zero-order chi connectivity index (χ0) is 26.5. The summed E-state index contributed by atoms with van der Waals surface area (Å²) in [6.45, 7) is 0. The Bertz CT molecular complexity index is 2220. The van der Waals surface area contributed by atoms with Crippen LogP contribution in [0.4, 0.5) is 0 Å². The zero-order valence-electron chi connectivity index (χ0n) is 21.6. The summed E-state index contributed by atoms with van der Waals surface area (Å²) >= 11 is 0. The molecule has 8 aromatic rings. The Morgan fingerprint density at radius 3 is 1.77 bits per heavy atom. The molecule has 0 bridgehead atoms. The van der Waals surface area contributed by atoms with Crippen molar-refractivity contribution in [1.29, 1.82) is 0 Å². The van der Waals surface area contributed by atoms with E-state index in [1.54, 1.807) is 0 Å². The lowest BCUT2D eigenvalue weighted by molar-refractivity contribution is 1.39. The van der Waals surface area contributed by atoms with Crippen LogP contribution >= 0.6 is 0 Å². The van der Waals surface area contributed by atoms with Crippen molar-refractivity contribution in [2.24, 2.45) is 0 Å². The standard InChI is InChI=1S/C37H23N3/c1-2-7-24(8-3-1)33-18-16-25-12-14-27(22-35(25)39-33)28-15-13-26-17-19-34(40-36(26)23-28)32-21-29-9-6-20-38-37(29)31-11-5-4-10-30(31)32/h1-23H. The van der Waals surface area contributed by atoms with Gasteiger partial charge in [-0.15, -0.1) is 0 Å². The average molecular weight is 510 g/mol. The van der Waals surface area contributed by atoms with Gasteiger partial charge in [0.15, 0.2) is 0 Å². The Kier molecular flexibility index (Phi) is 5.14. The number of pyridine rings is 3. The van der Waals surface area contributed by atoms with Gasteiger partial charge in [-0.3, -0.25) is 4.98 Å². The summed E-state index contributed by atoms with van der Waals surface area (Å²) in [4.78, 5) is 14.8. The van der Waals surface area contributed by atoms with Crippen LogP contribution in [-0.4, -0.2) is 15.0 Å². The molecule has 0 saturated carbocycles. The zero-order valence-corrected chi connectivity index (χ0v) is 21.6. The molecule has 0 atom stereocenters. The van der Waals surface area contributed by atoms with Crippen LogP contribution in [0.2, 0.25) is 0 Å². The predicted octanol–water partition coefficient (Wildman–Crippen LogP) is 9.49. The van der Waals surface area contributed by atoms with E-state index in [-0.39, 0.29) is 0 Å². The number of hydrogen-bond donors (Lipinski definition) is 0. The highest BCUT2D eigenvalue weighted by Crippen LogP contribution is 2.35. The average Bonchev–Trinajstić information content (AvgIpc) is 3.03. The van der Waals surface area contributed by atoms with Crippen LogP contribution < -0.4 is 0 Å². The van der Waals surface area contributed by atoms with Crippen LogP contribution in [0.15, 0.2) is 140 Å². The summed E-state index contributed by atoms with van der Waals surface area (Å²) in [7, 11) is 0. The molecule has 0 radical (unpaired) electrons. The van der Waals surface area contributed by atoms with Gasteiger partial charge in [-0.2, -0.15) is 0 Å². The highest BCUT2D eigenvalue weighted by molar-refractivity contribution is 6.12. The Morgan fingerprint density at radius 2 is 1.02 bits per heavy atom. The second-order valence-electron chi connectivity index (χ2n) is 10.1. The summed E-state index contributed by atoms with van der Waals surface area (Å²) < 4.78 is 0. The Balaban J connectivity index is 1.25. The number of hydrogen-bond acceptors (Lipinski definition) is 3. The summed E-state index contributed by atoms with van der Waals surface area (Å²) in [5.41, 5.74) is 9.40. The maximum atomic E-state index is 5.17. The molecule has 40 heavy (non-hydrogen) atoms. The molecule has 0 aliphatic carbocycles. The van der Waals surface area contributed by atoms with E-state index in [1.807, 2.05) is 30.5 Å². The lowest BCUT2D eigenvalue weighted by atomic mass is 9.97. The first-order chi connectivity index (χ1) is 19.8. The van der Waals surface area contributed by atoms with Crippen molar-refractivity contribution < 1.29 is 0 Å². The number of aromatic nitrogens is 3. The number of rotatable bonds is 3. The van der Waals surface area contributed by atoms with Gasteiger partial charge in [0.2, 0.25) is 0 Å². The van der Waals surface area contributed by atoms with Crippen molar-refractivity contribution in [3.05, 3.63) is 140 Å². The van der Waals surface area contributed by atoms with Gasteiger partial charge >= 0.3 is 0 Å². The minimum Gasteiger partial charge on any atom is -0.256 e. The number of benzene rings is 5. The first-order valence-corrected chi connectivity index (χ1v) is 13.4. The quantitative estimate of drug-likeness (QED) is 0.223. The predicted molar refractivity (Wildman–Crippen MR) is 166 cm³/mol. The van der Waals surface area contributed by atoms with E-state index in [9.17, 15) is 0 Å². The Hall–Kier alpha value is -5.41. The molecule has 3 heteroatoms. The van der Waals surface area contributed by atoms with E-state index in [4.69, 9.17) is 9.97 Å². The summed E-state index contributed by atoms with van der Waals surface area (Å²) in [5.74, 6) is 0. The molecular weight excluding hydrogens is 486 g/mol. The third kappa shape index (κ3) is 3.79. The molecule has 186 valence electrons. The Labute approximate surface area is 231 Å². The minimum atomic E-state index is 0.958. The minimum absolute atomic E-state index is 0.958. The van der Waals surface area contributed by atoms with E-state index in [2.05, 4.69) is 114 Å². The maximum Gasteiger partial charge on any atom is 0.0780 e. The van der Waals surface area contributed by atoms with Crippen LogP contribution in [0.5, 0.6) is 0 Å². The fourth-order valence-corrected chi connectivity index (χ4v) is 5.64. The third-order valence-corrected chi connectivity index (χ3v) is 7.67. The van der Waals surface area contributed by atoms with Crippen LogP contribution in [0.25, 0.3) is 77.1 Å². The fraction of sp³-hybridized carbons (Fsp3) is 0. The van der Waals surface area contributed by atoms with E-state index < -0.39 is 0 Å². The monoisotopic (exact) mass is 509 g/mol. The normalized spacial score (nSPS) is 11.5. The first kappa shape index (κ1) is 22.6. The molecule has 0 aliphatic rings. The smallest absolute Gasteiger partial charge is 0.0780 e. The lowest BCUT2D eigenvalue weighted by Gasteiger charge is -2.11. The van der Waals surface area contributed by atoms with Crippen molar-refractivity contribution in [2.45, 2.75) is 0 Å². The molecule has 0 N–H and O–H groups in total. The summed E-state index contributed by atoms with van der Waals surface area (Å²) in [6, 6.07) is 46.6. The molecule has 3 aromatic heterocycles. The van der Waals surface area contributed by atoms with E-state index >= 15 is 0 Å². The summed E-state index contributed by atoms with van der Waals surface area (Å²) in [5, 5.41) is 5.66. The molecule has 0 aliphatic heterocycles. The maximum absolute atomic E-state index is 5.17. The second-order valence-corrected chi connectivity index (χ2v) is 10.1. The van der Waals surface area contributed by atoms with Crippen LogP contribution in [0.3, 0.4) is 0 Å². The molecule has 5 aromatic carbocycles. The molecule has 0 spiro atoms. The van der Waals surface area contributed by atoms with Crippen molar-refractivity contribution in [2.75, 3.05) is 0 Å². The molecule has 3 heterocycles. The molecular formula is C37H23N3. The molecule has 8 rings (SSSR count). The van der Waals surface area contributed by atoms with Gasteiger partial charge in [0.25, 0.3) is 0 Å². The van der Waals surface area contributed by atoms with Crippen molar-refractivity contribution in [3.63, 3.8) is 0 Å². The number of fused-ring (bicyclic) bond motifs is 5. The third-order valence-electron chi connectivity index (χ3n) is 7.67. The highest BCUT2D eigenvalue weighted by atomic mass is 14.7. The molecule has 0 unspecified atom stereocenters. The largest absolute Gasteiger partial charge is 0.256 e. The van der Waals surface area contributed by atoms with Gasteiger partial charge in [-0.1, -0.05) is 97.1 Å². The van der Waals surface area contributed by atoms with Gasteiger partial charge in [-0.25, -0.2) is 9.97 Å². The van der Waals surface area contributed by atoms with E-state index in [0.717, 1.165) is 77.1 Å². The summed E-state index contributed by atoms with van der Waals surface area (Å²) in [6.07, 6.45) is 1.86. The topological polar surface area (TPSA) is 38.7 Å². The lowest BCUT2D eigenvalue weighted by Crippen LogP contribution is -1.90. The number of nitrogens with zero attached hydrogens (tertiary/aromatic N) is 3. The van der Waals surface area contributed by atoms with E-state index in [0.29, 0.717) is 0 Å². The highest BCUT2D eigenvalue weighted by Gasteiger charge is 2.12. The van der Waals surface area contributed by atoms with E-state index in [1.165, 1.54) is 0 Å². The van der Waals surface area contributed by atoms with Crippen molar-refractivity contribution in [1.82, 2.24) is 15.0 Å². The molecule has 3 nitrogen and oxygen atoms in total. The van der Waals surface area contributed by atoms with Crippen LogP contribution in [-0.2, 0) is 0 Å². The van der Waals surface area contributed by atoms with Gasteiger partial charge in [0.1, 0.15) is 0 Å². The molecule has 0 saturated heterocycles. The van der Waals surface area contributed by atoms with Gasteiger partial charge < -0.3 is 0 Å². The van der Waals surface area contributed by atoms with Gasteiger partial charge in [0.05, 0.1) is 27.9 Å². The second kappa shape index (κ2) is 9.11. The van der Waals surface area contributed by atoms with Gasteiger partial charge in [0, 0.05) is 38.9 Å². The molecule has 0 amide bonds. The SMILES string of the molecule is c1ccc(-c2ccc3ccc(-c4ccc5ccc(-c6cc7cccnc7c7ccccc67)nc5c4)cc3n2)cc1. The Morgan fingerprint density at radius 1 is 0.400 bits per heavy atom. The van der Waals surface area contributed by atoms with Crippen LogP contribution in [0, 0.1) is 0 Å². The van der Waals surface area contributed by atoms with Crippen molar-refractivity contribution in [3.8, 4) is 33.6 Å². The van der Waals surface area contributed by atoms with Crippen LogP contribution in [0.1, 0.15) is 0 Å². The molecule has 0 fully saturated rings. The van der Waals surface area contributed by atoms with Crippen molar-refractivity contribution >= 4 is 43.5 Å². The van der Waals surface area contributed by atoms with Gasteiger partial charge in [-0.05, 0) is 52.9 Å².